The highest BCUT2D eigenvalue weighted by Crippen LogP contribution is 2.20. The fraction of sp³-hybridized carbons (Fsp3) is 0.133. The number of halogens is 1. The number of thiocarbonyl (C=S) groups is 1. The standard InChI is InChI=1S/C15H15ClN2S/c1-11(12-7-3-2-4-8-12)17-15(19)18-14-10-6-5-9-13(14)16/h2-11H,1H3,(H2,17,18,19)/t11-/m0/s1. The summed E-state index contributed by atoms with van der Waals surface area (Å²) < 4.78 is 0. The molecule has 0 unspecified atom stereocenters. The number of para-hydroxylation sites is 1. The van der Waals surface area contributed by atoms with Crippen LogP contribution in [0.1, 0.15) is 18.5 Å². The van der Waals surface area contributed by atoms with Gasteiger partial charge < -0.3 is 10.6 Å². The van der Waals surface area contributed by atoms with Crippen LogP contribution in [0.15, 0.2) is 54.6 Å². The maximum absolute atomic E-state index is 6.07. The van der Waals surface area contributed by atoms with Gasteiger partial charge in [0.15, 0.2) is 5.11 Å². The van der Waals surface area contributed by atoms with Crippen molar-refractivity contribution in [3.8, 4) is 0 Å². The molecule has 2 rings (SSSR count). The van der Waals surface area contributed by atoms with Crippen LogP contribution >= 0.6 is 23.8 Å². The second-order valence-electron chi connectivity index (χ2n) is 4.21. The Morgan fingerprint density at radius 1 is 1.05 bits per heavy atom. The summed E-state index contributed by atoms with van der Waals surface area (Å²) >= 11 is 11.4. The Bertz CT molecular complexity index is 557. The number of rotatable bonds is 3. The SMILES string of the molecule is C[C@H](NC(=S)Nc1ccccc1Cl)c1ccccc1. The molecule has 0 radical (unpaired) electrons. The lowest BCUT2D eigenvalue weighted by Crippen LogP contribution is -2.30. The molecule has 0 aliphatic heterocycles. The minimum atomic E-state index is 0.142. The molecule has 0 saturated carbocycles. The summed E-state index contributed by atoms with van der Waals surface area (Å²) in [6.07, 6.45) is 0. The van der Waals surface area contributed by atoms with Crippen LogP contribution in [0.25, 0.3) is 0 Å². The summed E-state index contributed by atoms with van der Waals surface area (Å²) in [5.74, 6) is 0. The molecular formula is C15H15ClN2S. The summed E-state index contributed by atoms with van der Waals surface area (Å²) in [7, 11) is 0. The molecule has 98 valence electrons. The normalized spacial score (nSPS) is 11.7. The van der Waals surface area contributed by atoms with Crippen molar-refractivity contribution in [3.05, 3.63) is 65.2 Å². The maximum Gasteiger partial charge on any atom is 0.171 e. The van der Waals surface area contributed by atoms with Gasteiger partial charge in [-0.3, -0.25) is 0 Å². The second-order valence-corrected chi connectivity index (χ2v) is 5.03. The predicted octanol–water partition coefficient (Wildman–Crippen LogP) is 4.39. The number of anilines is 1. The minimum Gasteiger partial charge on any atom is -0.356 e. The van der Waals surface area contributed by atoms with Crippen LogP contribution in [0.2, 0.25) is 5.02 Å². The first-order valence-electron chi connectivity index (χ1n) is 6.04. The van der Waals surface area contributed by atoms with E-state index in [1.807, 2.05) is 42.5 Å². The van der Waals surface area contributed by atoms with Gasteiger partial charge >= 0.3 is 0 Å². The molecular weight excluding hydrogens is 276 g/mol. The van der Waals surface area contributed by atoms with Crippen LogP contribution in [-0.2, 0) is 0 Å². The van der Waals surface area contributed by atoms with Gasteiger partial charge in [0.2, 0.25) is 0 Å². The second kappa shape index (κ2) is 6.55. The van der Waals surface area contributed by atoms with E-state index in [2.05, 4.69) is 29.7 Å². The van der Waals surface area contributed by atoms with Gasteiger partial charge in [-0.1, -0.05) is 54.1 Å². The largest absolute Gasteiger partial charge is 0.356 e. The van der Waals surface area contributed by atoms with Crippen LogP contribution in [0.5, 0.6) is 0 Å². The summed E-state index contributed by atoms with van der Waals surface area (Å²) in [4.78, 5) is 0. The van der Waals surface area contributed by atoms with Crippen molar-refractivity contribution in [1.29, 1.82) is 0 Å². The molecule has 4 heteroatoms. The summed E-state index contributed by atoms with van der Waals surface area (Å²) in [6.45, 7) is 2.07. The van der Waals surface area contributed by atoms with Crippen LogP contribution < -0.4 is 10.6 Å². The molecule has 0 amide bonds. The lowest BCUT2D eigenvalue weighted by Gasteiger charge is -2.17. The van der Waals surface area contributed by atoms with Gasteiger partial charge in [0.1, 0.15) is 0 Å². The molecule has 2 N–H and O–H groups in total. The zero-order valence-corrected chi connectivity index (χ0v) is 12.1. The van der Waals surface area contributed by atoms with Crippen molar-refractivity contribution in [2.75, 3.05) is 5.32 Å². The molecule has 1 atom stereocenters. The zero-order valence-electron chi connectivity index (χ0n) is 10.6. The first-order valence-corrected chi connectivity index (χ1v) is 6.82. The third kappa shape index (κ3) is 3.94. The minimum absolute atomic E-state index is 0.142. The average Bonchev–Trinajstić information content (AvgIpc) is 2.42. The van der Waals surface area contributed by atoms with Crippen molar-refractivity contribution in [1.82, 2.24) is 5.32 Å². The van der Waals surface area contributed by atoms with Crippen molar-refractivity contribution in [2.24, 2.45) is 0 Å². The lowest BCUT2D eigenvalue weighted by atomic mass is 10.1. The Balaban J connectivity index is 1.97. The van der Waals surface area contributed by atoms with E-state index in [4.69, 9.17) is 23.8 Å². The molecule has 19 heavy (non-hydrogen) atoms. The van der Waals surface area contributed by atoms with Crippen molar-refractivity contribution >= 4 is 34.6 Å². The first-order chi connectivity index (χ1) is 9.16. The van der Waals surface area contributed by atoms with Crippen molar-refractivity contribution < 1.29 is 0 Å². The van der Waals surface area contributed by atoms with E-state index in [-0.39, 0.29) is 6.04 Å². The fourth-order valence-corrected chi connectivity index (χ4v) is 2.21. The Morgan fingerprint density at radius 2 is 1.68 bits per heavy atom. The molecule has 0 aliphatic rings. The molecule has 2 nitrogen and oxygen atoms in total. The number of benzene rings is 2. The fourth-order valence-electron chi connectivity index (χ4n) is 1.74. The lowest BCUT2D eigenvalue weighted by molar-refractivity contribution is 0.722. The highest BCUT2D eigenvalue weighted by atomic mass is 35.5. The highest BCUT2D eigenvalue weighted by molar-refractivity contribution is 7.80. The van der Waals surface area contributed by atoms with Gasteiger partial charge in [-0.05, 0) is 36.8 Å². The Hall–Kier alpha value is -1.58. The van der Waals surface area contributed by atoms with E-state index < -0.39 is 0 Å². The van der Waals surface area contributed by atoms with E-state index in [0.29, 0.717) is 10.1 Å². The van der Waals surface area contributed by atoms with Gasteiger partial charge in [-0.2, -0.15) is 0 Å². The van der Waals surface area contributed by atoms with Gasteiger partial charge in [-0.25, -0.2) is 0 Å². The summed E-state index contributed by atoms with van der Waals surface area (Å²) in [5.41, 5.74) is 1.99. The van der Waals surface area contributed by atoms with E-state index in [0.717, 1.165) is 5.69 Å². The van der Waals surface area contributed by atoms with Crippen LogP contribution in [0, 0.1) is 0 Å². The molecule has 0 aliphatic carbocycles. The number of hydrogen-bond acceptors (Lipinski definition) is 1. The third-order valence-corrected chi connectivity index (χ3v) is 3.32. The van der Waals surface area contributed by atoms with Crippen LogP contribution in [0.4, 0.5) is 5.69 Å². The topological polar surface area (TPSA) is 24.1 Å². The van der Waals surface area contributed by atoms with E-state index in [1.54, 1.807) is 0 Å². The van der Waals surface area contributed by atoms with Gasteiger partial charge in [0, 0.05) is 0 Å². The molecule has 0 spiro atoms. The first kappa shape index (κ1) is 13.8. The summed E-state index contributed by atoms with van der Waals surface area (Å²) in [5, 5.41) is 7.54. The number of nitrogens with one attached hydrogen (secondary N) is 2. The summed E-state index contributed by atoms with van der Waals surface area (Å²) in [6, 6.07) is 17.8. The van der Waals surface area contributed by atoms with Crippen LogP contribution in [-0.4, -0.2) is 5.11 Å². The predicted molar refractivity (Wildman–Crippen MR) is 85.7 cm³/mol. The van der Waals surface area contributed by atoms with E-state index in [1.165, 1.54) is 5.56 Å². The molecule has 2 aromatic carbocycles. The van der Waals surface area contributed by atoms with Crippen LogP contribution in [0.3, 0.4) is 0 Å². The van der Waals surface area contributed by atoms with Gasteiger partial charge in [-0.15, -0.1) is 0 Å². The Labute approximate surface area is 123 Å². The zero-order chi connectivity index (χ0) is 13.7. The Morgan fingerprint density at radius 3 is 2.37 bits per heavy atom. The third-order valence-electron chi connectivity index (χ3n) is 2.77. The van der Waals surface area contributed by atoms with Crippen molar-refractivity contribution in [2.45, 2.75) is 13.0 Å². The van der Waals surface area contributed by atoms with Gasteiger partial charge in [0.05, 0.1) is 16.8 Å². The Kier molecular flexibility index (Phi) is 4.77. The molecule has 0 heterocycles. The smallest absolute Gasteiger partial charge is 0.171 e. The molecule has 2 aromatic rings. The average molecular weight is 291 g/mol. The molecule has 0 fully saturated rings. The monoisotopic (exact) mass is 290 g/mol. The van der Waals surface area contributed by atoms with E-state index in [9.17, 15) is 0 Å². The van der Waals surface area contributed by atoms with Gasteiger partial charge in [0.25, 0.3) is 0 Å². The molecule has 0 saturated heterocycles. The quantitative estimate of drug-likeness (QED) is 0.820. The highest BCUT2D eigenvalue weighted by Gasteiger charge is 2.07. The maximum atomic E-state index is 6.07. The van der Waals surface area contributed by atoms with Crippen molar-refractivity contribution in [3.63, 3.8) is 0 Å². The molecule has 0 aromatic heterocycles. The van der Waals surface area contributed by atoms with E-state index >= 15 is 0 Å². The number of hydrogen-bond donors (Lipinski definition) is 2. The molecule has 0 bridgehead atoms.